The van der Waals surface area contributed by atoms with Crippen LogP contribution in [0.4, 0.5) is 20.2 Å². The number of esters is 1. The van der Waals surface area contributed by atoms with E-state index in [2.05, 4.69) is 5.32 Å². The number of nitrogens with one attached hydrogen (secondary N) is 1. The molecular weight excluding hydrogens is 370 g/mol. The molecule has 0 saturated carbocycles. The van der Waals surface area contributed by atoms with Gasteiger partial charge in [0.15, 0.2) is 11.6 Å². The van der Waals surface area contributed by atoms with Gasteiger partial charge in [-0.25, -0.2) is 13.6 Å². The lowest BCUT2D eigenvalue weighted by Crippen LogP contribution is -2.33. The highest BCUT2D eigenvalue weighted by molar-refractivity contribution is 6.02. The molecule has 0 aliphatic carbocycles. The summed E-state index contributed by atoms with van der Waals surface area (Å²) in [6.07, 6.45) is -0.115. The summed E-state index contributed by atoms with van der Waals surface area (Å²) in [6, 6.07) is 9.42. The van der Waals surface area contributed by atoms with Gasteiger partial charge in [0, 0.05) is 31.6 Å². The zero-order chi connectivity index (χ0) is 20.7. The molecule has 8 heteroatoms. The molecule has 28 heavy (non-hydrogen) atoms. The van der Waals surface area contributed by atoms with Crippen LogP contribution >= 0.6 is 0 Å². The lowest BCUT2D eigenvalue weighted by atomic mass is 10.1. The predicted molar refractivity (Wildman–Crippen MR) is 100 cm³/mol. The molecule has 6 nitrogen and oxygen atoms in total. The van der Waals surface area contributed by atoms with E-state index in [1.807, 2.05) is 0 Å². The zero-order valence-corrected chi connectivity index (χ0v) is 15.5. The van der Waals surface area contributed by atoms with Crippen molar-refractivity contribution in [3.63, 3.8) is 0 Å². The van der Waals surface area contributed by atoms with E-state index in [1.54, 1.807) is 25.1 Å². The summed E-state index contributed by atoms with van der Waals surface area (Å²) in [5, 5.41) is 2.44. The SMILES string of the molecule is CCOC(=O)c1ccccc1N(CCC(=O)Nc1ccc(F)c(F)c1)C(C)=O. The van der Waals surface area contributed by atoms with Crippen molar-refractivity contribution in [2.45, 2.75) is 20.3 Å². The first-order valence-electron chi connectivity index (χ1n) is 8.62. The van der Waals surface area contributed by atoms with Crippen molar-refractivity contribution in [1.29, 1.82) is 0 Å². The third-order valence-electron chi connectivity index (χ3n) is 3.84. The van der Waals surface area contributed by atoms with Gasteiger partial charge in [-0.2, -0.15) is 0 Å². The number of rotatable bonds is 7. The quantitative estimate of drug-likeness (QED) is 0.734. The number of para-hydroxylation sites is 1. The number of amides is 2. The minimum absolute atomic E-state index is 0.0126. The van der Waals surface area contributed by atoms with Crippen molar-refractivity contribution < 1.29 is 27.9 Å². The molecule has 0 aliphatic heterocycles. The third kappa shape index (κ3) is 5.35. The molecule has 0 bridgehead atoms. The Labute approximate surface area is 161 Å². The van der Waals surface area contributed by atoms with E-state index in [0.717, 1.165) is 12.1 Å². The Morgan fingerprint density at radius 3 is 2.43 bits per heavy atom. The molecule has 0 unspecified atom stereocenters. The molecule has 0 spiro atoms. The van der Waals surface area contributed by atoms with E-state index in [4.69, 9.17) is 4.74 Å². The van der Waals surface area contributed by atoms with Crippen molar-refractivity contribution in [2.24, 2.45) is 0 Å². The highest BCUT2D eigenvalue weighted by Gasteiger charge is 2.20. The first-order chi connectivity index (χ1) is 13.3. The summed E-state index contributed by atoms with van der Waals surface area (Å²) < 4.78 is 31.2. The molecule has 0 aliphatic rings. The smallest absolute Gasteiger partial charge is 0.340 e. The van der Waals surface area contributed by atoms with Gasteiger partial charge in [-0.15, -0.1) is 0 Å². The van der Waals surface area contributed by atoms with E-state index in [-0.39, 0.29) is 36.7 Å². The van der Waals surface area contributed by atoms with Gasteiger partial charge in [-0.05, 0) is 31.2 Å². The molecule has 2 aromatic rings. The molecule has 2 aromatic carbocycles. The van der Waals surface area contributed by atoms with Gasteiger partial charge in [-0.1, -0.05) is 12.1 Å². The molecule has 1 N–H and O–H groups in total. The summed E-state index contributed by atoms with van der Waals surface area (Å²) in [5.74, 6) is -3.53. The molecule has 2 amide bonds. The summed E-state index contributed by atoms with van der Waals surface area (Å²) in [7, 11) is 0. The monoisotopic (exact) mass is 390 g/mol. The molecule has 2 rings (SSSR count). The molecule has 0 heterocycles. The molecule has 0 radical (unpaired) electrons. The number of halogens is 2. The van der Waals surface area contributed by atoms with Crippen LogP contribution in [0.5, 0.6) is 0 Å². The van der Waals surface area contributed by atoms with Crippen LogP contribution in [0.3, 0.4) is 0 Å². The second-order valence-corrected chi connectivity index (χ2v) is 5.84. The van der Waals surface area contributed by atoms with Crippen molar-refractivity contribution in [2.75, 3.05) is 23.4 Å². The van der Waals surface area contributed by atoms with Crippen molar-refractivity contribution in [3.8, 4) is 0 Å². The lowest BCUT2D eigenvalue weighted by molar-refractivity contribution is -0.117. The fraction of sp³-hybridized carbons (Fsp3) is 0.250. The first kappa shape index (κ1) is 21.0. The van der Waals surface area contributed by atoms with Crippen molar-refractivity contribution >= 4 is 29.2 Å². The Morgan fingerprint density at radius 2 is 1.79 bits per heavy atom. The maximum absolute atomic E-state index is 13.2. The normalized spacial score (nSPS) is 10.3. The third-order valence-corrected chi connectivity index (χ3v) is 3.84. The number of hydrogen-bond donors (Lipinski definition) is 1. The Bertz CT molecular complexity index is 886. The van der Waals surface area contributed by atoms with Gasteiger partial charge >= 0.3 is 5.97 Å². The van der Waals surface area contributed by atoms with Crippen molar-refractivity contribution in [1.82, 2.24) is 0 Å². The van der Waals surface area contributed by atoms with Gasteiger partial charge in [0.2, 0.25) is 11.8 Å². The van der Waals surface area contributed by atoms with Crippen LogP contribution in [0.15, 0.2) is 42.5 Å². The number of hydrogen-bond acceptors (Lipinski definition) is 4. The molecule has 148 valence electrons. The Balaban J connectivity index is 2.11. The fourth-order valence-corrected chi connectivity index (χ4v) is 2.55. The number of anilines is 2. The van der Waals surface area contributed by atoms with Crippen LogP contribution in [0.25, 0.3) is 0 Å². The number of nitrogens with zero attached hydrogens (tertiary/aromatic N) is 1. The van der Waals surface area contributed by atoms with Gasteiger partial charge < -0.3 is 15.0 Å². The maximum atomic E-state index is 13.2. The zero-order valence-electron chi connectivity index (χ0n) is 15.5. The summed E-state index contributed by atoms with van der Waals surface area (Å²) in [6.45, 7) is 3.16. The lowest BCUT2D eigenvalue weighted by Gasteiger charge is -2.23. The van der Waals surface area contributed by atoms with E-state index >= 15 is 0 Å². The van der Waals surface area contributed by atoms with Crippen molar-refractivity contribution in [3.05, 3.63) is 59.7 Å². The largest absolute Gasteiger partial charge is 0.462 e. The summed E-state index contributed by atoms with van der Waals surface area (Å²) in [4.78, 5) is 37.6. The molecule has 0 atom stereocenters. The average Bonchev–Trinajstić information content (AvgIpc) is 2.65. The topological polar surface area (TPSA) is 75.7 Å². The predicted octanol–water partition coefficient (Wildman–Crippen LogP) is 3.52. The number of carbonyl (C=O) groups excluding carboxylic acids is 3. The van der Waals surface area contributed by atoms with Crippen LogP contribution in [0.2, 0.25) is 0 Å². The second kappa shape index (κ2) is 9.59. The van der Waals surface area contributed by atoms with Crippen LogP contribution in [-0.4, -0.2) is 30.9 Å². The van der Waals surface area contributed by atoms with Gasteiger partial charge in [-0.3, -0.25) is 9.59 Å². The maximum Gasteiger partial charge on any atom is 0.340 e. The highest BCUT2D eigenvalue weighted by atomic mass is 19.2. The second-order valence-electron chi connectivity index (χ2n) is 5.84. The van der Waals surface area contributed by atoms with Crippen LogP contribution in [0, 0.1) is 11.6 Å². The number of ether oxygens (including phenoxy) is 1. The Kier molecular flexibility index (Phi) is 7.20. The molecular formula is C20H20F2N2O4. The average molecular weight is 390 g/mol. The molecule has 0 aromatic heterocycles. The van der Waals surface area contributed by atoms with Crippen LogP contribution < -0.4 is 10.2 Å². The van der Waals surface area contributed by atoms with Gasteiger partial charge in [0.1, 0.15) is 0 Å². The molecule has 0 saturated heterocycles. The summed E-state index contributed by atoms with van der Waals surface area (Å²) >= 11 is 0. The Morgan fingerprint density at radius 1 is 1.07 bits per heavy atom. The minimum atomic E-state index is -1.08. The minimum Gasteiger partial charge on any atom is -0.462 e. The number of benzene rings is 2. The number of carbonyl (C=O) groups is 3. The standard InChI is InChI=1S/C20H20F2N2O4/c1-3-28-20(27)15-6-4-5-7-18(15)24(13(2)25)11-10-19(26)23-14-8-9-16(21)17(22)12-14/h4-9,12H,3,10-11H2,1-2H3,(H,23,26). The van der Waals surface area contributed by atoms with Gasteiger partial charge in [0.05, 0.1) is 17.9 Å². The Hall–Kier alpha value is -3.29. The van der Waals surface area contributed by atoms with E-state index in [0.29, 0.717) is 5.69 Å². The van der Waals surface area contributed by atoms with E-state index < -0.39 is 23.5 Å². The van der Waals surface area contributed by atoms with Crippen LogP contribution in [0.1, 0.15) is 30.6 Å². The van der Waals surface area contributed by atoms with Gasteiger partial charge in [0.25, 0.3) is 0 Å². The van der Waals surface area contributed by atoms with E-state index in [1.165, 1.54) is 24.0 Å². The molecule has 0 fully saturated rings. The fourth-order valence-electron chi connectivity index (χ4n) is 2.55. The highest BCUT2D eigenvalue weighted by Crippen LogP contribution is 2.22. The first-order valence-corrected chi connectivity index (χ1v) is 8.62. The van der Waals surface area contributed by atoms with E-state index in [9.17, 15) is 23.2 Å². The summed E-state index contributed by atoms with van der Waals surface area (Å²) in [5.41, 5.74) is 0.639. The van der Waals surface area contributed by atoms with Crippen LogP contribution in [-0.2, 0) is 14.3 Å².